The van der Waals surface area contributed by atoms with E-state index in [1.165, 1.54) is 6.20 Å². The lowest BCUT2D eigenvalue weighted by atomic mass is 10.2. The Morgan fingerprint density at radius 1 is 1.22 bits per heavy atom. The molecule has 0 saturated heterocycles. The van der Waals surface area contributed by atoms with Crippen molar-refractivity contribution in [3.05, 3.63) is 59.4 Å². The van der Waals surface area contributed by atoms with Crippen molar-refractivity contribution in [2.24, 2.45) is 0 Å². The molecule has 0 amide bonds. The molecule has 0 saturated carbocycles. The summed E-state index contributed by atoms with van der Waals surface area (Å²) in [7, 11) is 0. The number of hydrogen-bond acceptors (Lipinski definition) is 6. The summed E-state index contributed by atoms with van der Waals surface area (Å²) in [6.07, 6.45) is 1.37. The monoisotopic (exact) mass is 330 g/mol. The summed E-state index contributed by atoms with van der Waals surface area (Å²) in [6, 6.07) is 13.7. The quantitative estimate of drug-likeness (QED) is 0.253. The number of aromatic nitrogens is 1. The summed E-state index contributed by atoms with van der Waals surface area (Å²) in [5, 5.41) is 20.5. The number of thioether (sulfide) groups is 1. The van der Waals surface area contributed by atoms with Gasteiger partial charge in [0.05, 0.1) is 11.6 Å². The second-order valence-electron chi connectivity index (χ2n) is 4.36. The first-order valence-corrected chi connectivity index (χ1v) is 7.77. The van der Waals surface area contributed by atoms with Crippen molar-refractivity contribution in [2.75, 3.05) is 19.0 Å². The van der Waals surface area contributed by atoms with E-state index in [0.29, 0.717) is 21.1 Å². The molecule has 6 nitrogen and oxygen atoms in total. The van der Waals surface area contributed by atoms with Gasteiger partial charge in [0.25, 0.3) is 5.03 Å². The second kappa shape index (κ2) is 8.66. The molecule has 7 heteroatoms. The third-order valence-corrected chi connectivity index (χ3v) is 3.72. The molecule has 0 bridgehead atoms. The largest absolute Gasteiger partial charge is 0.618 e. The molecular formula is C16H14N2O4S. The first-order chi connectivity index (χ1) is 11.2. The molecule has 118 valence electrons. The standard InChI is InChI=1S/C16H14N2O4S/c17-11-13-4-6-14(7-5-13)21-9-10-22-16(19)12-23-15-3-1-2-8-18(15)20/h1-8H,9-10,12H2. The summed E-state index contributed by atoms with van der Waals surface area (Å²) < 4.78 is 11.1. The number of esters is 1. The van der Waals surface area contributed by atoms with Crippen LogP contribution < -0.4 is 9.47 Å². The van der Waals surface area contributed by atoms with Crippen molar-refractivity contribution in [3.8, 4) is 11.8 Å². The van der Waals surface area contributed by atoms with E-state index in [1.54, 1.807) is 42.5 Å². The summed E-state index contributed by atoms with van der Waals surface area (Å²) in [5.41, 5.74) is 0.553. The number of nitriles is 1. The van der Waals surface area contributed by atoms with Gasteiger partial charge in [0.2, 0.25) is 0 Å². The molecule has 0 fully saturated rings. The Bertz CT molecular complexity index is 698. The van der Waals surface area contributed by atoms with Gasteiger partial charge in [-0.25, -0.2) is 0 Å². The fourth-order valence-electron chi connectivity index (χ4n) is 1.64. The Hall–Kier alpha value is -2.72. The number of nitrogens with zero attached hydrogens (tertiary/aromatic N) is 2. The van der Waals surface area contributed by atoms with Crippen LogP contribution in [-0.2, 0) is 9.53 Å². The maximum absolute atomic E-state index is 11.6. The minimum Gasteiger partial charge on any atom is -0.618 e. The number of carbonyl (C=O) groups is 1. The van der Waals surface area contributed by atoms with Crippen LogP contribution in [0.25, 0.3) is 0 Å². The summed E-state index contributed by atoms with van der Waals surface area (Å²) in [4.78, 5) is 11.6. The van der Waals surface area contributed by atoms with Crippen LogP contribution in [0.5, 0.6) is 5.75 Å². The predicted molar refractivity (Wildman–Crippen MR) is 83.7 cm³/mol. The molecule has 0 aliphatic carbocycles. The average molecular weight is 330 g/mol. The summed E-state index contributed by atoms with van der Waals surface area (Å²) in [6.45, 7) is 0.334. The van der Waals surface area contributed by atoms with Crippen molar-refractivity contribution < 1.29 is 19.0 Å². The van der Waals surface area contributed by atoms with Gasteiger partial charge in [-0.05, 0) is 42.1 Å². The van der Waals surface area contributed by atoms with Gasteiger partial charge in [-0.3, -0.25) is 4.79 Å². The summed E-state index contributed by atoms with van der Waals surface area (Å²) >= 11 is 1.12. The molecule has 2 rings (SSSR count). The van der Waals surface area contributed by atoms with Crippen molar-refractivity contribution >= 4 is 17.7 Å². The Kier molecular flexibility index (Phi) is 6.27. The minimum atomic E-state index is -0.415. The van der Waals surface area contributed by atoms with E-state index in [-0.39, 0.29) is 19.0 Å². The Balaban J connectivity index is 1.65. The van der Waals surface area contributed by atoms with Crippen molar-refractivity contribution in [1.82, 2.24) is 0 Å². The second-order valence-corrected chi connectivity index (χ2v) is 5.35. The van der Waals surface area contributed by atoms with Gasteiger partial charge in [-0.2, -0.15) is 9.99 Å². The maximum Gasteiger partial charge on any atom is 0.316 e. The van der Waals surface area contributed by atoms with Crippen LogP contribution in [0.3, 0.4) is 0 Å². The summed E-state index contributed by atoms with van der Waals surface area (Å²) in [5.74, 6) is 0.247. The highest BCUT2D eigenvalue weighted by Crippen LogP contribution is 2.13. The molecule has 0 N–H and O–H groups in total. The lowest BCUT2D eigenvalue weighted by Gasteiger charge is -2.07. The molecule has 1 aromatic carbocycles. The molecule has 1 aromatic heterocycles. The van der Waals surface area contributed by atoms with E-state index in [1.807, 2.05) is 6.07 Å². The fraction of sp³-hybridized carbons (Fsp3) is 0.188. The maximum atomic E-state index is 11.6. The Labute approximate surface area is 137 Å². The number of ether oxygens (including phenoxy) is 2. The van der Waals surface area contributed by atoms with E-state index < -0.39 is 5.97 Å². The van der Waals surface area contributed by atoms with Gasteiger partial charge >= 0.3 is 5.97 Å². The van der Waals surface area contributed by atoms with Crippen LogP contribution in [0.15, 0.2) is 53.7 Å². The molecule has 0 spiro atoms. The SMILES string of the molecule is N#Cc1ccc(OCCOC(=O)CSc2cccc[n+]2[O-])cc1. The van der Waals surface area contributed by atoms with E-state index in [4.69, 9.17) is 14.7 Å². The third-order valence-electron chi connectivity index (χ3n) is 2.73. The van der Waals surface area contributed by atoms with Crippen LogP contribution in [0.2, 0.25) is 0 Å². The number of hydrogen-bond donors (Lipinski definition) is 0. The molecule has 0 atom stereocenters. The zero-order valence-corrected chi connectivity index (χ0v) is 13.0. The van der Waals surface area contributed by atoms with Gasteiger partial charge in [-0.15, -0.1) is 0 Å². The Morgan fingerprint density at radius 2 is 2.00 bits per heavy atom. The van der Waals surface area contributed by atoms with Gasteiger partial charge < -0.3 is 14.7 Å². The highest BCUT2D eigenvalue weighted by Gasteiger charge is 2.09. The van der Waals surface area contributed by atoms with Gasteiger partial charge in [0, 0.05) is 12.1 Å². The van der Waals surface area contributed by atoms with Crippen molar-refractivity contribution in [3.63, 3.8) is 0 Å². The van der Waals surface area contributed by atoms with Crippen molar-refractivity contribution in [2.45, 2.75) is 5.03 Å². The highest BCUT2D eigenvalue weighted by atomic mass is 32.2. The third kappa shape index (κ3) is 5.52. The predicted octanol–water partition coefficient (Wildman–Crippen LogP) is 1.91. The number of carbonyl (C=O) groups excluding carboxylic acids is 1. The lowest BCUT2D eigenvalue weighted by molar-refractivity contribution is -0.645. The molecule has 1 heterocycles. The molecule has 2 aromatic rings. The molecule has 0 aliphatic heterocycles. The normalized spacial score (nSPS) is 9.87. The molecule has 0 unspecified atom stereocenters. The molecular weight excluding hydrogens is 316 g/mol. The first kappa shape index (κ1) is 16.6. The topological polar surface area (TPSA) is 86.3 Å². The smallest absolute Gasteiger partial charge is 0.316 e. The fourth-order valence-corrected chi connectivity index (χ4v) is 2.35. The van der Waals surface area contributed by atoms with Crippen LogP contribution in [0.1, 0.15) is 5.56 Å². The van der Waals surface area contributed by atoms with Crippen LogP contribution >= 0.6 is 11.8 Å². The minimum absolute atomic E-state index is 0.0587. The first-order valence-electron chi connectivity index (χ1n) is 6.78. The van der Waals surface area contributed by atoms with Gasteiger partial charge in [-0.1, -0.05) is 0 Å². The number of pyridine rings is 1. The molecule has 23 heavy (non-hydrogen) atoms. The van der Waals surface area contributed by atoms with Gasteiger partial charge in [0.15, 0.2) is 6.20 Å². The highest BCUT2D eigenvalue weighted by molar-refractivity contribution is 7.99. The van der Waals surface area contributed by atoms with Crippen LogP contribution in [-0.4, -0.2) is 24.9 Å². The average Bonchev–Trinajstić information content (AvgIpc) is 2.58. The zero-order valence-electron chi connectivity index (χ0n) is 12.2. The van der Waals surface area contributed by atoms with E-state index in [9.17, 15) is 10.0 Å². The Morgan fingerprint density at radius 3 is 2.70 bits per heavy atom. The molecule has 0 radical (unpaired) electrons. The van der Waals surface area contributed by atoms with Crippen molar-refractivity contribution in [1.29, 1.82) is 5.26 Å². The lowest BCUT2D eigenvalue weighted by Crippen LogP contribution is -2.28. The van der Waals surface area contributed by atoms with E-state index in [0.717, 1.165) is 11.8 Å². The van der Waals surface area contributed by atoms with Crippen LogP contribution in [0.4, 0.5) is 0 Å². The van der Waals surface area contributed by atoms with Gasteiger partial charge in [0.1, 0.15) is 24.7 Å². The zero-order chi connectivity index (χ0) is 16.5. The van der Waals surface area contributed by atoms with E-state index >= 15 is 0 Å². The number of benzene rings is 1. The van der Waals surface area contributed by atoms with E-state index in [2.05, 4.69) is 0 Å². The molecule has 0 aliphatic rings. The number of rotatable bonds is 7. The van der Waals surface area contributed by atoms with Crippen LogP contribution in [0, 0.1) is 16.5 Å².